The Morgan fingerprint density at radius 3 is 2.58 bits per heavy atom. The SMILES string of the molecule is C=CCC(CC)(C(=O)c1ccc(OCCO)cc1)N1CCOCC1. The maximum Gasteiger partial charge on any atom is 0.183 e. The monoisotopic (exact) mass is 333 g/mol. The van der Waals surface area contributed by atoms with Crippen LogP contribution >= 0.6 is 0 Å². The van der Waals surface area contributed by atoms with E-state index in [1.807, 2.05) is 6.08 Å². The number of ether oxygens (including phenoxy) is 2. The zero-order valence-electron chi connectivity index (χ0n) is 14.4. The molecule has 132 valence electrons. The molecule has 1 saturated heterocycles. The molecule has 0 radical (unpaired) electrons. The number of Topliss-reactive ketones (excluding diaryl/α,β-unsaturated/α-hetero) is 1. The maximum absolute atomic E-state index is 13.3. The van der Waals surface area contributed by atoms with Gasteiger partial charge in [0.2, 0.25) is 0 Å². The third kappa shape index (κ3) is 4.04. The number of ketones is 1. The number of benzene rings is 1. The Bertz CT molecular complexity index is 537. The molecule has 1 unspecified atom stereocenters. The lowest BCUT2D eigenvalue weighted by molar-refractivity contribution is -0.0154. The smallest absolute Gasteiger partial charge is 0.183 e. The predicted octanol–water partition coefficient (Wildman–Crippen LogP) is 2.30. The summed E-state index contributed by atoms with van der Waals surface area (Å²) in [6.07, 6.45) is 3.17. The summed E-state index contributed by atoms with van der Waals surface area (Å²) in [6.45, 7) is 8.94. The van der Waals surface area contributed by atoms with Gasteiger partial charge in [0.25, 0.3) is 0 Å². The van der Waals surface area contributed by atoms with Gasteiger partial charge >= 0.3 is 0 Å². The minimum absolute atomic E-state index is 0.0318. The topological polar surface area (TPSA) is 59.0 Å². The summed E-state index contributed by atoms with van der Waals surface area (Å²) in [5.41, 5.74) is 0.0977. The molecule has 2 rings (SSSR count). The third-order valence-corrected chi connectivity index (χ3v) is 4.58. The van der Waals surface area contributed by atoms with Gasteiger partial charge in [-0.15, -0.1) is 6.58 Å². The summed E-state index contributed by atoms with van der Waals surface area (Å²) in [4.78, 5) is 15.5. The number of morpholine rings is 1. The van der Waals surface area contributed by atoms with E-state index >= 15 is 0 Å². The molecule has 0 aliphatic carbocycles. The molecular weight excluding hydrogens is 306 g/mol. The van der Waals surface area contributed by atoms with Crippen LogP contribution in [0.15, 0.2) is 36.9 Å². The van der Waals surface area contributed by atoms with Crippen LogP contribution in [0.2, 0.25) is 0 Å². The average molecular weight is 333 g/mol. The van der Waals surface area contributed by atoms with Crippen molar-refractivity contribution in [1.29, 1.82) is 0 Å². The molecule has 1 aliphatic rings. The normalized spacial score (nSPS) is 17.9. The number of rotatable bonds is 9. The molecule has 0 bridgehead atoms. The van der Waals surface area contributed by atoms with Crippen LogP contribution in [0.5, 0.6) is 5.75 Å². The number of carbonyl (C=O) groups excluding carboxylic acids is 1. The minimum atomic E-state index is -0.570. The van der Waals surface area contributed by atoms with E-state index < -0.39 is 5.54 Å². The molecule has 0 saturated carbocycles. The summed E-state index contributed by atoms with van der Waals surface area (Å²) in [5, 5.41) is 8.81. The van der Waals surface area contributed by atoms with Gasteiger partial charge in [-0.1, -0.05) is 13.0 Å². The van der Waals surface area contributed by atoms with E-state index in [1.165, 1.54) is 0 Å². The van der Waals surface area contributed by atoms with Crippen LogP contribution in [-0.2, 0) is 4.74 Å². The summed E-state index contributed by atoms with van der Waals surface area (Å²) in [5.74, 6) is 0.762. The van der Waals surface area contributed by atoms with Crippen LogP contribution < -0.4 is 4.74 Å². The van der Waals surface area contributed by atoms with Gasteiger partial charge < -0.3 is 14.6 Å². The summed E-state index contributed by atoms with van der Waals surface area (Å²) >= 11 is 0. The molecule has 1 N–H and O–H groups in total. The average Bonchev–Trinajstić information content (AvgIpc) is 2.65. The molecule has 1 heterocycles. The van der Waals surface area contributed by atoms with Gasteiger partial charge in [-0.25, -0.2) is 0 Å². The number of carbonyl (C=O) groups is 1. The second kappa shape index (κ2) is 8.97. The standard InChI is InChI=1S/C19H27NO4/c1-3-9-19(4-2,20-10-13-23-14-11-20)18(22)16-5-7-17(8-6-16)24-15-12-21/h3,5-8,21H,1,4,9-15H2,2H3. The molecule has 24 heavy (non-hydrogen) atoms. The quantitative estimate of drug-likeness (QED) is 0.555. The largest absolute Gasteiger partial charge is 0.491 e. The maximum atomic E-state index is 13.3. The van der Waals surface area contributed by atoms with E-state index in [2.05, 4.69) is 18.4 Å². The lowest BCUT2D eigenvalue weighted by Gasteiger charge is -2.43. The summed E-state index contributed by atoms with van der Waals surface area (Å²) in [7, 11) is 0. The van der Waals surface area contributed by atoms with E-state index in [0.717, 1.165) is 19.5 Å². The van der Waals surface area contributed by atoms with Crippen molar-refractivity contribution in [3.05, 3.63) is 42.5 Å². The third-order valence-electron chi connectivity index (χ3n) is 4.58. The van der Waals surface area contributed by atoms with E-state index in [0.29, 0.717) is 30.9 Å². The molecule has 1 aromatic rings. The predicted molar refractivity (Wildman–Crippen MR) is 93.6 cm³/mol. The van der Waals surface area contributed by atoms with Gasteiger partial charge in [0.15, 0.2) is 5.78 Å². The number of hydrogen-bond donors (Lipinski definition) is 1. The molecule has 1 aromatic carbocycles. The Kier molecular flexibility index (Phi) is 6.97. The van der Waals surface area contributed by atoms with E-state index in [4.69, 9.17) is 14.6 Å². The highest BCUT2D eigenvalue weighted by molar-refractivity contribution is 6.03. The Hall–Kier alpha value is -1.69. The van der Waals surface area contributed by atoms with Crippen molar-refractivity contribution in [2.45, 2.75) is 25.3 Å². The van der Waals surface area contributed by atoms with Crippen molar-refractivity contribution in [1.82, 2.24) is 4.90 Å². The van der Waals surface area contributed by atoms with Gasteiger partial charge in [0, 0.05) is 18.7 Å². The number of aliphatic hydroxyl groups is 1. The van der Waals surface area contributed by atoms with Gasteiger partial charge in [-0.2, -0.15) is 0 Å². The summed E-state index contributed by atoms with van der Waals surface area (Å²) < 4.78 is 10.8. The fourth-order valence-corrected chi connectivity index (χ4v) is 3.26. The van der Waals surface area contributed by atoms with Crippen LogP contribution in [0.4, 0.5) is 0 Å². The lowest BCUT2D eigenvalue weighted by atomic mass is 9.81. The van der Waals surface area contributed by atoms with Gasteiger partial charge in [0.05, 0.1) is 25.4 Å². The number of hydrogen-bond acceptors (Lipinski definition) is 5. The van der Waals surface area contributed by atoms with Gasteiger partial charge in [-0.3, -0.25) is 9.69 Å². The van der Waals surface area contributed by atoms with E-state index in [9.17, 15) is 4.79 Å². The first kappa shape index (κ1) is 18.6. The van der Waals surface area contributed by atoms with E-state index in [-0.39, 0.29) is 19.0 Å². The van der Waals surface area contributed by atoms with Crippen LogP contribution in [-0.4, -0.2) is 60.8 Å². The second-order valence-electron chi connectivity index (χ2n) is 5.90. The zero-order valence-corrected chi connectivity index (χ0v) is 14.4. The van der Waals surface area contributed by atoms with Crippen molar-refractivity contribution >= 4 is 5.78 Å². The first-order valence-electron chi connectivity index (χ1n) is 8.50. The fraction of sp³-hybridized carbons (Fsp3) is 0.526. The Balaban J connectivity index is 2.24. The summed E-state index contributed by atoms with van der Waals surface area (Å²) in [6, 6.07) is 7.14. The molecule has 5 nitrogen and oxygen atoms in total. The van der Waals surface area contributed by atoms with Crippen molar-refractivity contribution in [2.75, 3.05) is 39.5 Å². The van der Waals surface area contributed by atoms with Crippen molar-refractivity contribution in [3.8, 4) is 5.75 Å². The highest BCUT2D eigenvalue weighted by Gasteiger charge is 2.42. The number of nitrogens with zero attached hydrogens (tertiary/aromatic N) is 1. The molecule has 1 aliphatic heterocycles. The Morgan fingerprint density at radius 2 is 2.04 bits per heavy atom. The Morgan fingerprint density at radius 1 is 1.38 bits per heavy atom. The molecular formula is C19H27NO4. The second-order valence-corrected chi connectivity index (χ2v) is 5.90. The fourth-order valence-electron chi connectivity index (χ4n) is 3.26. The van der Waals surface area contributed by atoms with Crippen molar-refractivity contribution in [2.24, 2.45) is 0 Å². The first-order valence-corrected chi connectivity index (χ1v) is 8.50. The van der Waals surface area contributed by atoms with Crippen molar-refractivity contribution < 1.29 is 19.4 Å². The van der Waals surface area contributed by atoms with Crippen molar-refractivity contribution in [3.63, 3.8) is 0 Å². The van der Waals surface area contributed by atoms with Crippen LogP contribution in [0.1, 0.15) is 30.1 Å². The van der Waals surface area contributed by atoms with Gasteiger partial charge in [-0.05, 0) is 37.1 Å². The number of aliphatic hydroxyl groups excluding tert-OH is 1. The minimum Gasteiger partial charge on any atom is -0.491 e. The molecule has 0 spiro atoms. The lowest BCUT2D eigenvalue weighted by Crippen LogP contribution is -2.57. The highest BCUT2D eigenvalue weighted by atomic mass is 16.5. The molecule has 0 amide bonds. The highest BCUT2D eigenvalue weighted by Crippen LogP contribution is 2.30. The zero-order chi connectivity index (χ0) is 17.4. The first-order chi connectivity index (χ1) is 11.7. The molecule has 0 aromatic heterocycles. The van der Waals surface area contributed by atoms with Crippen LogP contribution in [0, 0.1) is 0 Å². The van der Waals surface area contributed by atoms with Crippen LogP contribution in [0.3, 0.4) is 0 Å². The van der Waals surface area contributed by atoms with Gasteiger partial charge in [0.1, 0.15) is 12.4 Å². The molecule has 5 heteroatoms. The Labute approximate surface area is 143 Å². The van der Waals surface area contributed by atoms with E-state index in [1.54, 1.807) is 24.3 Å². The van der Waals surface area contributed by atoms with Crippen LogP contribution in [0.25, 0.3) is 0 Å². The molecule has 1 atom stereocenters. The molecule has 1 fully saturated rings.